The molecule has 0 bridgehead atoms. The molecule has 0 radical (unpaired) electrons. The van der Waals surface area contributed by atoms with Crippen molar-refractivity contribution in [2.75, 3.05) is 56.7 Å². The van der Waals surface area contributed by atoms with Crippen LogP contribution in [0.3, 0.4) is 0 Å². The number of anilines is 3. The Bertz CT molecular complexity index is 1830. The summed E-state index contributed by atoms with van der Waals surface area (Å²) in [5.41, 5.74) is 17.2. The summed E-state index contributed by atoms with van der Waals surface area (Å²) in [6, 6.07) is 7.58. The predicted octanol–water partition coefficient (Wildman–Crippen LogP) is 5.57. The van der Waals surface area contributed by atoms with E-state index in [2.05, 4.69) is 32.7 Å². The fraction of sp³-hybridized carbons (Fsp3) is 0.514. The van der Waals surface area contributed by atoms with E-state index >= 15 is 4.39 Å². The van der Waals surface area contributed by atoms with Crippen molar-refractivity contribution >= 4 is 17.3 Å². The number of likely N-dealkylation sites (tertiary alicyclic amines) is 1. The highest BCUT2D eigenvalue weighted by Gasteiger charge is 2.48. The number of nitriles is 1. The van der Waals surface area contributed by atoms with E-state index in [1.165, 1.54) is 6.07 Å². The SMILES string of the molecule is C[C@H](c1cccnc1N)N(C)c1nc(OCC2(CN3CCC(=CF)CC3)CC2)nc2c1CN(C)[C@@]1(CCCc3c(F)cc(N)c(C#N)c31)C2. The Morgan fingerprint density at radius 3 is 2.63 bits per heavy atom. The van der Waals surface area contributed by atoms with Crippen molar-refractivity contribution in [2.45, 2.75) is 76.4 Å². The van der Waals surface area contributed by atoms with Gasteiger partial charge in [0.2, 0.25) is 0 Å². The summed E-state index contributed by atoms with van der Waals surface area (Å²) in [7, 11) is 4.02. The van der Waals surface area contributed by atoms with Crippen molar-refractivity contribution in [2.24, 2.45) is 5.41 Å². The average Bonchev–Trinajstić information content (AvgIpc) is 3.87. The normalized spacial score (nSPS) is 22.2. The standard InChI is InChI=1S/C37H45F2N9O/c1-23(25-7-5-13-43-33(25)42)47(3)34-28-20-46(2)37(10-4-6-26-29(39)16-30(41)27(19-40)32(26)37)17-31(28)44-35(45-34)49-22-36(11-12-36)21-48-14-8-24(18-38)9-15-48/h5,7,13,16,18,23H,4,6,8-12,14-15,17,20-22,41H2,1-3H3,(H2,42,43)/t23-,37+/m1/s1. The van der Waals surface area contributed by atoms with Crippen LogP contribution in [0.25, 0.3) is 0 Å². The van der Waals surface area contributed by atoms with Crippen LogP contribution in [0.5, 0.6) is 6.01 Å². The van der Waals surface area contributed by atoms with Crippen LogP contribution in [0.4, 0.5) is 26.1 Å². The molecule has 4 N–H and O–H groups in total. The summed E-state index contributed by atoms with van der Waals surface area (Å²) in [6.45, 7) is 5.64. The number of benzene rings is 1. The van der Waals surface area contributed by atoms with E-state index in [4.69, 9.17) is 26.2 Å². The molecule has 4 heterocycles. The Morgan fingerprint density at radius 2 is 1.94 bits per heavy atom. The maximum Gasteiger partial charge on any atom is 0.318 e. The number of nitrogens with zero attached hydrogens (tertiary/aromatic N) is 7. The molecule has 2 aliphatic carbocycles. The Labute approximate surface area is 286 Å². The third-order valence-corrected chi connectivity index (χ3v) is 11.6. The van der Waals surface area contributed by atoms with Crippen LogP contribution in [-0.4, -0.2) is 65.1 Å². The van der Waals surface area contributed by atoms with E-state index < -0.39 is 5.54 Å². The van der Waals surface area contributed by atoms with Crippen LogP contribution in [-0.2, 0) is 24.9 Å². The molecule has 2 atom stereocenters. The molecule has 12 heteroatoms. The van der Waals surface area contributed by atoms with Crippen molar-refractivity contribution in [3.8, 4) is 12.1 Å². The summed E-state index contributed by atoms with van der Waals surface area (Å²) in [5, 5.41) is 10.2. The van der Waals surface area contributed by atoms with Gasteiger partial charge in [0, 0.05) is 62.4 Å². The first-order chi connectivity index (χ1) is 23.6. The number of ether oxygens (including phenoxy) is 1. The molecule has 1 saturated carbocycles. The highest BCUT2D eigenvalue weighted by Crippen LogP contribution is 2.51. The van der Waals surface area contributed by atoms with Gasteiger partial charge in [-0.1, -0.05) is 6.07 Å². The number of aromatic nitrogens is 3. The lowest BCUT2D eigenvalue weighted by Gasteiger charge is -2.50. The second kappa shape index (κ2) is 12.8. The quantitative estimate of drug-likeness (QED) is 0.293. The third kappa shape index (κ3) is 5.97. The van der Waals surface area contributed by atoms with Crippen LogP contribution in [0.1, 0.15) is 85.0 Å². The molecule has 1 saturated heterocycles. The number of rotatable bonds is 8. The highest BCUT2D eigenvalue weighted by molar-refractivity contribution is 5.64. The van der Waals surface area contributed by atoms with Gasteiger partial charge in [-0.2, -0.15) is 15.2 Å². The minimum atomic E-state index is -0.665. The van der Waals surface area contributed by atoms with Gasteiger partial charge >= 0.3 is 6.01 Å². The molecular weight excluding hydrogens is 624 g/mol. The van der Waals surface area contributed by atoms with Gasteiger partial charge in [0.25, 0.3) is 0 Å². The molecule has 4 aliphatic rings. The second-order valence-electron chi connectivity index (χ2n) is 14.6. The zero-order valence-electron chi connectivity index (χ0n) is 28.6. The number of pyridine rings is 1. The summed E-state index contributed by atoms with van der Waals surface area (Å²) in [5.74, 6) is 0.835. The zero-order valence-corrected chi connectivity index (χ0v) is 28.6. The fourth-order valence-corrected chi connectivity index (χ4v) is 8.29. The maximum atomic E-state index is 15.5. The number of hydrogen-bond donors (Lipinski definition) is 2. The molecule has 2 aliphatic heterocycles. The molecule has 258 valence electrons. The van der Waals surface area contributed by atoms with Gasteiger partial charge in [-0.25, -0.2) is 13.8 Å². The topological polar surface area (TPSA) is 133 Å². The van der Waals surface area contributed by atoms with Crippen LogP contribution in [0.2, 0.25) is 0 Å². The molecule has 0 amide bonds. The summed E-state index contributed by atoms with van der Waals surface area (Å²) < 4.78 is 35.0. The first-order valence-electron chi connectivity index (χ1n) is 17.3. The smallest absolute Gasteiger partial charge is 0.318 e. The third-order valence-electron chi connectivity index (χ3n) is 11.6. The number of nitrogen functional groups attached to an aromatic ring is 2. The van der Waals surface area contributed by atoms with Gasteiger partial charge in [-0.05, 0) is 87.7 Å². The van der Waals surface area contributed by atoms with Crippen molar-refractivity contribution < 1.29 is 13.5 Å². The molecule has 1 spiro atoms. The Hall–Kier alpha value is -4.34. The molecule has 3 aromatic rings. The van der Waals surface area contributed by atoms with E-state index in [0.717, 1.165) is 92.7 Å². The van der Waals surface area contributed by atoms with Gasteiger partial charge in [0.15, 0.2) is 0 Å². The Kier molecular flexibility index (Phi) is 8.69. The lowest BCUT2D eigenvalue weighted by Crippen LogP contribution is -2.51. The van der Waals surface area contributed by atoms with Gasteiger partial charge in [-0.3, -0.25) is 4.90 Å². The molecule has 0 unspecified atom stereocenters. The first-order valence-corrected chi connectivity index (χ1v) is 17.3. The van der Waals surface area contributed by atoms with Gasteiger partial charge in [-0.15, -0.1) is 0 Å². The van der Waals surface area contributed by atoms with Gasteiger partial charge in [0.1, 0.15) is 23.5 Å². The number of hydrogen-bond acceptors (Lipinski definition) is 10. The number of piperidine rings is 1. The maximum absolute atomic E-state index is 15.5. The van der Waals surface area contributed by atoms with E-state index in [1.807, 2.05) is 26.2 Å². The lowest BCUT2D eigenvalue weighted by atomic mass is 9.68. The predicted molar refractivity (Wildman–Crippen MR) is 185 cm³/mol. The Balaban J connectivity index is 1.25. The minimum absolute atomic E-state index is 0.0141. The summed E-state index contributed by atoms with van der Waals surface area (Å²) in [4.78, 5) is 21.2. The lowest BCUT2D eigenvalue weighted by molar-refractivity contribution is 0.0712. The first kappa shape index (κ1) is 33.2. The van der Waals surface area contributed by atoms with Crippen molar-refractivity contribution in [3.05, 3.63) is 75.6 Å². The van der Waals surface area contributed by atoms with E-state index in [9.17, 15) is 9.65 Å². The van der Waals surface area contributed by atoms with Crippen LogP contribution >= 0.6 is 0 Å². The van der Waals surface area contributed by atoms with Crippen LogP contribution < -0.4 is 21.1 Å². The summed E-state index contributed by atoms with van der Waals surface area (Å²) >= 11 is 0. The monoisotopic (exact) mass is 669 g/mol. The molecular formula is C37H45F2N9O. The van der Waals surface area contributed by atoms with E-state index in [1.54, 1.807) is 6.20 Å². The van der Waals surface area contributed by atoms with Crippen molar-refractivity contribution in [3.63, 3.8) is 0 Å². The van der Waals surface area contributed by atoms with Crippen molar-refractivity contribution in [1.82, 2.24) is 24.8 Å². The fourth-order valence-electron chi connectivity index (χ4n) is 8.29. The van der Waals surface area contributed by atoms with Crippen LogP contribution in [0, 0.1) is 22.6 Å². The number of likely N-dealkylation sites (N-methyl/N-ethyl adjacent to an activating group) is 1. The number of fused-ring (bicyclic) bond motifs is 3. The van der Waals surface area contributed by atoms with E-state index in [-0.39, 0.29) is 23.0 Å². The minimum Gasteiger partial charge on any atom is -0.463 e. The molecule has 2 fully saturated rings. The molecule has 49 heavy (non-hydrogen) atoms. The van der Waals surface area contributed by atoms with E-state index in [0.29, 0.717) is 54.5 Å². The van der Waals surface area contributed by atoms with Crippen LogP contribution in [0.15, 0.2) is 36.3 Å². The highest BCUT2D eigenvalue weighted by atomic mass is 19.1. The van der Waals surface area contributed by atoms with Gasteiger partial charge < -0.3 is 26.0 Å². The zero-order chi connectivity index (χ0) is 34.5. The number of halogens is 2. The second-order valence-corrected chi connectivity index (χ2v) is 14.6. The van der Waals surface area contributed by atoms with Gasteiger partial charge in [0.05, 0.1) is 41.5 Å². The number of nitrogens with two attached hydrogens (primary N) is 2. The molecule has 10 nitrogen and oxygen atoms in total. The summed E-state index contributed by atoms with van der Waals surface area (Å²) in [6.07, 6.45) is 8.60. The molecule has 7 rings (SSSR count). The molecule has 1 aromatic carbocycles. The van der Waals surface area contributed by atoms with Crippen molar-refractivity contribution in [1.29, 1.82) is 5.26 Å². The largest absolute Gasteiger partial charge is 0.463 e. The Morgan fingerprint density at radius 1 is 1.16 bits per heavy atom. The molecule has 2 aromatic heterocycles. The average molecular weight is 670 g/mol.